The van der Waals surface area contributed by atoms with Crippen LogP contribution in [0, 0.1) is 0 Å². The van der Waals surface area contributed by atoms with Crippen molar-refractivity contribution in [1.82, 2.24) is 24.6 Å². The van der Waals surface area contributed by atoms with Gasteiger partial charge in [-0.1, -0.05) is 18.2 Å². The number of carboxylic acid groups (broad SMARTS) is 2. The summed E-state index contributed by atoms with van der Waals surface area (Å²) in [6, 6.07) is 7.83. The van der Waals surface area contributed by atoms with E-state index in [9.17, 15) is 18.9 Å². The highest BCUT2D eigenvalue weighted by Crippen LogP contribution is 2.44. The maximum atomic E-state index is 13.6. The van der Waals surface area contributed by atoms with Crippen LogP contribution in [-0.4, -0.2) is 94.7 Å². The Hall–Kier alpha value is -4.15. The molecule has 0 bridgehead atoms. The number of carbonyl (C=O) groups excluding carboxylic acids is 1. The number of carbonyl (C=O) groups is 3. The fourth-order valence-electron chi connectivity index (χ4n) is 3.28. The lowest BCUT2D eigenvalue weighted by Crippen LogP contribution is -2.39. The first-order chi connectivity index (χ1) is 20.1. The van der Waals surface area contributed by atoms with Gasteiger partial charge in [-0.25, -0.2) is 29.6 Å². The summed E-state index contributed by atoms with van der Waals surface area (Å²) < 4.78 is 32.2. The third-order valence-electron chi connectivity index (χ3n) is 5.31. The number of aliphatic hydroxyl groups excluding tert-OH is 2. The van der Waals surface area contributed by atoms with E-state index >= 15 is 0 Å². The molecule has 1 aromatic carbocycles. The topological polar surface area (TPSA) is 259 Å². The third-order valence-corrected chi connectivity index (χ3v) is 7.08. The minimum absolute atomic E-state index is 0.272. The van der Waals surface area contributed by atoms with Crippen molar-refractivity contribution in [2.75, 3.05) is 12.1 Å². The van der Waals surface area contributed by atoms with E-state index < -0.39 is 43.7 Å². The number of imidazole rings is 1. The molecule has 236 valence electrons. The van der Waals surface area contributed by atoms with Crippen LogP contribution in [-0.2, 0) is 35.0 Å². The number of anilines is 1. The van der Waals surface area contributed by atoms with Crippen LogP contribution in [0.5, 0.6) is 5.75 Å². The van der Waals surface area contributed by atoms with Crippen LogP contribution in [0.25, 0.3) is 11.2 Å². The van der Waals surface area contributed by atoms with Gasteiger partial charge in [0.05, 0.1) is 25.1 Å². The van der Waals surface area contributed by atoms with Gasteiger partial charge < -0.3 is 44.7 Å². The van der Waals surface area contributed by atoms with Crippen LogP contribution in [0.2, 0.25) is 0 Å². The van der Waals surface area contributed by atoms with E-state index in [0.717, 1.165) is 0 Å². The standard InChI is InChI=1S/C21H29N6O5P.C4H6O6/c1-14(2)31-21(28)16(4)26-33(29,32-17-8-6-5-7-9-17)13-30-15(3)10-27-12-25-18-19(22)23-11-24-20(18)27;5-1(3(7)8)2(6)4(9)10/h5-9,11-12,14-16H,10,13H2,1-4H3,(H,26,29)(H2,22,23,24);1-2,5-6H,(H,7,8)(H,9,10)/t15-,16+,33+;1-,2-/m10/s1. The Morgan fingerprint density at radius 1 is 1.00 bits per heavy atom. The molecule has 0 aliphatic carbocycles. The van der Waals surface area contributed by atoms with Gasteiger partial charge in [0.25, 0.3) is 0 Å². The summed E-state index contributed by atoms with van der Waals surface area (Å²) in [6.07, 6.45) is -2.52. The summed E-state index contributed by atoms with van der Waals surface area (Å²) >= 11 is 0. The number of nitrogen functional groups attached to an aromatic ring is 1. The second kappa shape index (κ2) is 15.9. The number of esters is 1. The number of hydrogen-bond donors (Lipinski definition) is 6. The van der Waals surface area contributed by atoms with Gasteiger partial charge in [0.15, 0.2) is 23.7 Å². The number of rotatable bonds is 14. The molecule has 7 N–H and O–H groups in total. The molecule has 17 nitrogen and oxygen atoms in total. The maximum absolute atomic E-state index is 13.6. The van der Waals surface area contributed by atoms with Gasteiger partial charge in [-0.3, -0.25) is 9.36 Å². The first-order valence-electron chi connectivity index (χ1n) is 12.8. The van der Waals surface area contributed by atoms with Crippen molar-refractivity contribution in [3.63, 3.8) is 0 Å². The maximum Gasteiger partial charge on any atom is 0.342 e. The van der Waals surface area contributed by atoms with Crippen molar-refractivity contribution in [3.8, 4) is 5.75 Å². The van der Waals surface area contributed by atoms with Crippen LogP contribution in [0.4, 0.5) is 5.82 Å². The largest absolute Gasteiger partial charge is 0.479 e. The summed E-state index contributed by atoms with van der Waals surface area (Å²) in [7, 11) is -3.64. The minimum Gasteiger partial charge on any atom is -0.479 e. The molecule has 0 aliphatic heterocycles. The van der Waals surface area contributed by atoms with E-state index in [0.29, 0.717) is 29.3 Å². The highest BCUT2D eigenvalue weighted by atomic mass is 31.2. The van der Waals surface area contributed by atoms with Crippen molar-refractivity contribution in [2.45, 2.75) is 64.7 Å². The lowest BCUT2D eigenvalue weighted by atomic mass is 10.2. The van der Waals surface area contributed by atoms with E-state index in [1.165, 1.54) is 6.33 Å². The highest BCUT2D eigenvalue weighted by Gasteiger charge is 2.32. The molecular weight excluding hydrogens is 591 g/mol. The SMILES string of the molecule is CC(C)OC(=O)[C@H](C)N[P@](=O)(CO[C@H](C)Cn1cnc2c(N)ncnc21)Oc1ccccc1.O=C(O)[C@@H](O)[C@H](O)C(=O)O. The second-order valence-electron chi connectivity index (χ2n) is 9.41. The summed E-state index contributed by atoms with van der Waals surface area (Å²) in [5.74, 6) is -3.39. The number of aliphatic hydroxyl groups is 2. The Labute approximate surface area is 246 Å². The Morgan fingerprint density at radius 3 is 2.16 bits per heavy atom. The molecule has 0 aliphatic rings. The number of nitrogens with two attached hydrogens (primary N) is 1. The molecule has 18 heteroatoms. The molecule has 3 rings (SSSR count). The van der Waals surface area contributed by atoms with Gasteiger partial charge in [0, 0.05) is 0 Å². The van der Waals surface area contributed by atoms with Gasteiger partial charge in [-0.05, 0) is 39.8 Å². The van der Waals surface area contributed by atoms with Crippen molar-refractivity contribution in [3.05, 3.63) is 43.0 Å². The number of carboxylic acids is 2. The Morgan fingerprint density at radius 2 is 1.60 bits per heavy atom. The van der Waals surface area contributed by atoms with Gasteiger partial charge in [0.2, 0.25) is 0 Å². The first kappa shape index (κ1) is 35.0. The molecule has 0 saturated carbocycles. The van der Waals surface area contributed by atoms with E-state index in [1.807, 2.05) is 13.0 Å². The molecule has 0 saturated heterocycles. The number of hydrogen-bond acceptors (Lipinski definition) is 13. The zero-order valence-corrected chi connectivity index (χ0v) is 24.7. The van der Waals surface area contributed by atoms with Crippen LogP contribution in [0.3, 0.4) is 0 Å². The smallest absolute Gasteiger partial charge is 0.342 e. The molecule has 3 aromatic rings. The van der Waals surface area contributed by atoms with Crippen molar-refractivity contribution < 1.29 is 53.4 Å². The van der Waals surface area contributed by atoms with Crippen LogP contribution in [0.1, 0.15) is 27.7 Å². The fraction of sp³-hybridized carbons (Fsp3) is 0.440. The summed E-state index contributed by atoms with van der Waals surface area (Å²) in [4.78, 5) is 44.2. The predicted molar refractivity (Wildman–Crippen MR) is 151 cm³/mol. The normalized spacial score (nSPS) is 15.3. The lowest BCUT2D eigenvalue weighted by Gasteiger charge is -2.25. The molecule has 0 amide bonds. The minimum atomic E-state index is -3.64. The summed E-state index contributed by atoms with van der Waals surface area (Å²) in [5, 5.41) is 35.3. The van der Waals surface area contributed by atoms with Gasteiger partial charge in [-0.2, -0.15) is 0 Å². The number of ether oxygens (including phenoxy) is 2. The zero-order chi connectivity index (χ0) is 32.3. The molecular formula is C25H35N6O11P. The van der Waals surface area contributed by atoms with Gasteiger partial charge >= 0.3 is 25.4 Å². The van der Waals surface area contributed by atoms with E-state index in [-0.39, 0.29) is 18.6 Å². The molecule has 0 radical (unpaired) electrons. The summed E-state index contributed by atoms with van der Waals surface area (Å²) in [6.45, 7) is 7.25. The molecule has 0 unspecified atom stereocenters. The second-order valence-corrected chi connectivity index (χ2v) is 11.5. The van der Waals surface area contributed by atoms with E-state index in [2.05, 4.69) is 20.0 Å². The predicted octanol–water partition coefficient (Wildman–Crippen LogP) is 0.850. The first-order valence-corrected chi connectivity index (χ1v) is 14.6. The third kappa shape index (κ3) is 10.9. The number of para-hydroxylation sites is 1. The Balaban J connectivity index is 0.000000553. The Kier molecular flexibility index (Phi) is 13.0. The molecule has 0 spiro atoms. The molecule has 2 heterocycles. The van der Waals surface area contributed by atoms with Crippen molar-refractivity contribution in [1.29, 1.82) is 0 Å². The number of nitrogens with one attached hydrogen (secondary N) is 1. The average molecular weight is 627 g/mol. The van der Waals surface area contributed by atoms with Crippen LogP contribution >= 0.6 is 7.52 Å². The highest BCUT2D eigenvalue weighted by molar-refractivity contribution is 7.57. The number of nitrogens with zero attached hydrogens (tertiary/aromatic N) is 4. The molecule has 2 aromatic heterocycles. The zero-order valence-electron chi connectivity index (χ0n) is 23.8. The molecule has 5 atom stereocenters. The number of fused-ring (bicyclic) bond motifs is 1. The average Bonchev–Trinajstić information content (AvgIpc) is 3.35. The quantitative estimate of drug-likeness (QED) is 0.107. The monoisotopic (exact) mass is 626 g/mol. The Bertz CT molecular complexity index is 1400. The van der Waals surface area contributed by atoms with Crippen molar-refractivity contribution >= 4 is 42.4 Å². The summed E-state index contributed by atoms with van der Waals surface area (Å²) in [5.41, 5.74) is 6.91. The fourth-order valence-corrected chi connectivity index (χ4v) is 5.07. The van der Waals surface area contributed by atoms with E-state index in [1.54, 1.807) is 55.9 Å². The number of benzene rings is 1. The van der Waals surface area contributed by atoms with Crippen molar-refractivity contribution in [2.24, 2.45) is 0 Å². The number of aromatic nitrogens is 4. The van der Waals surface area contributed by atoms with Crippen LogP contribution in [0.15, 0.2) is 43.0 Å². The molecule has 43 heavy (non-hydrogen) atoms. The van der Waals surface area contributed by atoms with E-state index in [4.69, 9.17) is 40.2 Å². The lowest BCUT2D eigenvalue weighted by molar-refractivity contribution is -0.165. The van der Waals surface area contributed by atoms with Crippen LogP contribution < -0.4 is 15.3 Å². The van der Waals surface area contributed by atoms with Gasteiger partial charge in [0.1, 0.15) is 30.0 Å². The van der Waals surface area contributed by atoms with Gasteiger partial charge in [-0.15, -0.1) is 0 Å². The molecule has 0 fully saturated rings. The number of aliphatic carboxylic acids is 2.